The van der Waals surface area contributed by atoms with E-state index in [-0.39, 0.29) is 0 Å². The zero-order valence-electron chi connectivity index (χ0n) is 12.2. The third kappa shape index (κ3) is 3.48. The van der Waals surface area contributed by atoms with E-state index in [0.717, 1.165) is 30.0 Å². The molecule has 3 aliphatic rings. The van der Waals surface area contributed by atoms with Crippen LogP contribution in [-0.2, 0) is 0 Å². The van der Waals surface area contributed by atoms with Gasteiger partial charge < -0.3 is 5.32 Å². The second-order valence-corrected chi connectivity index (χ2v) is 7.13. The molecule has 1 saturated heterocycles. The standard InChI is InChI=1S/C16H30N2/c1-3-12(2)18-10-14(8-13-4-5-13)9-16(11-18)17-15-6-7-15/h12-17H,3-11H2,1-2H3. The van der Waals surface area contributed by atoms with E-state index in [0.29, 0.717) is 0 Å². The van der Waals surface area contributed by atoms with Crippen LogP contribution in [0, 0.1) is 11.8 Å². The molecule has 0 aromatic heterocycles. The maximum Gasteiger partial charge on any atom is 0.0200 e. The largest absolute Gasteiger partial charge is 0.310 e. The molecule has 0 amide bonds. The predicted molar refractivity (Wildman–Crippen MR) is 76.7 cm³/mol. The van der Waals surface area contributed by atoms with Crippen molar-refractivity contribution in [2.45, 2.75) is 76.9 Å². The van der Waals surface area contributed by atoms with Crippen LogP contribution in [0.4, 0.5) is 0 Å². The molecule has 0 bridgehead atoms. The number of rotatable bonds is 6. The first-order valence-corrected chi connectivity index (χ1v) is 8.24. The van der Waals surface area contributed by atoms with Crippen LogP contribution in [0.15, 0.2) is 0 Å². The summed E-state index contributed by atoms with van der Waals surface area (Å²) in [4.78, 5) is 2.76. The second-order valence-electron chi connectivity index (χ2n) is 7.13. The van der Waals surface area contributed by atoms with Gasteiger partial charge in [0.2, 0.25) is 0 Å². The minimum Gasteiger partial charge on any atom is -0.310 e. The van der Waals surface area contributed by atoms with Gasteiger partial charge in [-0.15, -0.1) is 0 Å². The summed E-state index contributed by atoms with van der Waals surface area (Å²) in [7, 11) is 0. The van der Waals surface area contributed by atoms with Crippen molar-refractivity contribution in [1.82, 2.24) is 10.2 Å². The molecule has 2 saturated carbocycles. The van der Waals surface area contributed by atoms with E-state index in [2.05, 4.69) is 24.1 Å². The van der Waals surface area contributed by atoms with Crippen LogP contribution < -0.4 is 5.32 Å². The zero-order chi connectivity index (χ0) is 12.5. The molecule has 18 heavy (non-hydrogen) atoms. The lowest BCUT2D eigenvalue weighted by atomic mass is 9.88. The highest BCUT2D eigenvalue weighted by Gasteiger charge is 2.35. The fraction of sp³-hybridized carbons (Fsp3) is 1.00. The molecule has 0 spiro atoms. The highest BCUT2D eigenvalue weighted by molar-refractivity contribution is 4.92. The van der Waals surface area contributed by atoms with Gasteiger partial charge in [-0.05, 0) is 50.9 Å². The van der Waals surface area contributed by atoms with Crippen molar-refractivity contribution in [3.05, 3.63) is 0 Å². The lowest BCUT2D eigenvalue weighted by Crippen LogP contribution is -2.52. The van der Waals surface area contributed by atoms with Crippen LogP contribution in [0.25, 0.3) is 0 Å². The highest BCUT2D eigenvalue weighted by Crippen LogP contribution is 2.38. The number of likely N-dealkylation sites (tertiary alicyclic amines) is 1. The summed E-state index contributed by atoms with van der Waals surface area (Å²) in [5.41, 5.74) is 0. The molecule has 3 atom stereocenters. The molecule has 1 aliphatic heterocycles. The Morgan fingerprint density at radius 3 is 2.44 bits per heavy atom. The van der Waals surface area contributed by atoms with Crippen LogP contribution in [0.3, 0.4) is 0 Å². The maximum absolute atomic E-state index is 3.88. The molecule has 3 unspecified atom stereocenters. The third-order valence-corrected chi connectivity index (χ3v) is 5.19. The molecule has 2 aliphatic carbocycles. The van der Waals surface area contributed by atoms with E-state index in [1.54, 1.807) is 0 Å². The summed E-state index contributed by atoms with van der Waals surface area (Å²) < 4.78 is 0. The minimum atomic E-state index is 0.774. The molecular formula is C16H30N2. The molecule has 1 heterocycles. The molecule has 2 heteroatoms. The van der Waals surface area contributed by atoms with Crippen molar-refractivity contribution in [2.24, 2.45) is 11.8 Å². The van der Waals surface area contributed by atoms with Gasteiger partial charge in [0.1, 0.15) is 0 Å². The Balaban J connectivity index is 1.56. The average molecular weight is 250 g/mol. The van der Waals surface area contributed by atoms with Crippen LogP contribution in [0.1, 0.15) is 58.8 Å². The predicted octanol–water partition coefficient (Wildman–Crippen LogP) is 3.03. The van der Waals surface area contributed by atoms with E-state index < -0.39 is 0 Å². The zero-order valence-corrected chi connectivity index (χ0v) is 12.2. The first-order valence-electron chi connectivity index (χ1n) is 8.24. The van der Waals surface area contributed by atoms with E-state index in [9.17, 15) is 0 Å². The fourth-order valence-electron chi connectivity index (χ4n) is 3.56. The normalized spacial score (nSPS) is 35.7. The summed E-state index contributed by atoms with van der Waals surface area (Å²) in [5.74, 6) is 2.06. The monoisotopic (exact) mass is 250 g/mol. The van der Waals surface area contributed by atoms with Crippen LogP contribution in [-0.4, -0.2) is 36.1 Å². The van der Waals surface area contributed by atoms with Crippen LogP contribution in [0.5, 0.6) is 0 Å². The summed E-state index contributed by atoms with van der Waals surface area (Å²) in [6, 6.07) is 2.42. The van der Waals surface area contributed by atoms with Crippen LogP contribution >= 0.6 is 0 Å². The number of piperidine rings is 1. The van der Waals surface area contributed by atoms with Crippen molar-refractivity contribution in [3.63, 3.8) is 0 Å². The van der Waals surface area contributed by atoms with Crippen molar-refractivity contribution in [3.8, 4) is 0 Å². The Morgan fingerprint density at radius 1 is 1.06 bits per heavy atom. The lowest BCUT2D eigenvalue weighted by Gasteiger charge is -2.41. The quantitative estimate of drug-likeness (QED) is 0.779. The van der Waals surface area contributed by atoms with Crippen molar-refractivity contribution in [1.29, 1.82) is 0 Å². The Labute approximate surface area is 113 Å². The van der Waals surface area contributed by atoms with Gasteiger partial charge in [0.15, 0.2) is 0 Å². The van der Waals surface area contributed by atoms with E-state index >= 15 is 0 Å². The Morgan fingerprint density at radius 2 is 1.83 bits per heavy atom. The SMILES string of the molecule is CCC(C)N1CC(CC2CC2)CC(NC2CC2)C1. The van der Waals surface area contributed by atoms with Crippen molar-refractivity contribution >= 4 is 0 Å². The third-order valence-electron chi connectivity index (χ3n) is 5.19. The van der Waals surface area contributed by atoms with Gasteiger partial charge in [0, 0.05) is 31.2 Å². The van der Waals surface area contributed by atoms with Gasteiger partial charge >= 0.3 is 0 Å². The molecule has 104 valence electrons. The first kappa shape index (κ1) is 12.9. The van der Waals surface area contributed by atoms with Crippen molar-refractivity contribution in [2.75, 3.05) is 13.1 Å². The Kier molecular flexibility index (Phi) is 3.95. The number of nitrogens with one attached hydrogen (secondary N) is 1. The van der Waals surface area contributed by atoms with E-state index in [1.165, 1.54) is 58.0 Å². The van der Waals surface area contributed by atoms with Crippen molar-refractivity contribution < 1.29 is 0 Å². The molecule has 0 radical (unpaired) electrons. The minimum absolute atomic E-state index is 0.774. The van der Waals surface area contributed by atoms with Crippen LogP contribution in [0.2, 0.25) is 0 Å². The van der Waals surface area contributed by atoms with Gasteiger partial charge in [-0.1, -0.05) is 19.8 Å². The summed E-state index contributed by atoms with van der Waals surface area (Å²) in [6.07, 6.45) is 10.1. The molecule has 0 aromatic rings. The topological polar surface area (TPSA) is 15.3 Å². The number of hydrogen-bond donors (Lipinski definition) is 1. The number of hydrogen-bond acceptors (Lipinski definition) is 2. The molecule has 3 rings (SSSR count). The Hall–Kier alpha value is -0.0800. The van der Waals surface area contributed by atoms with Gasteiger partial charge in [-0.25, -0.2) is 0 Å². The highest BCUT2D eigenvalue weighted by atomic mass is 15.2. The van der Waals surface area contributed by atoms with Gasteiger partial charge in [-0.2, -0.15) is 0 Å². The summed E-state index contributed by atoms with van der Waals surface area (Å²) >= 11 is 0. The average Bonchev–Trinajstić information content (AvgIpc) is 3.24. The maximum atomic E-state index is 3.88. The molecule has 0 aromatic carbocycles. The summed E-state index contributed by atoms with van der Waals surface area (Å²) in [6.45, 7) is 7.41. The molecular weight excluding hydrogens is 220 g/mol. The molecule has 1 N–H and O–H groups in total. The van der Waals surface area contributed by atoms with E-state index in [4.69, 9.17) is 0 Å². The fourth-order valence-corrected chi connectivity index (χ4v) is 3.56. The van der Waals surface area contributed by atoms with Gasteiger partial charge in [0.25, 0.3) is 0 Å². The van der Waals surface area contributed by atoms with Gasteiger partial charge in [0.05, 0.1) is 0 Å². The first-order chi connectivity index (χ1) is 8.74. The van der Waals surface area contributed by atoms with E-state index in [1.807, 2.05) is 0 Å². The molecule has 2 nitrogen and oxygen atoms in total. The molecule has 3 fully saturated rings. The number of nitrogens with zero attached hydrogens (tertiary/aromatic N) is 1. The van der Waals surface area contributed by atoms with Gasteiger partial charge in [-0.3, -0.25) is 4.90 Å². The Bertz CT molecular complexity index is 248. The second kappa shape index (κ2) is 5.50. The smallest absolute Gasteiger partial charge is 0.0200 e. The summed E-state index contributed by atoms with van der Waals surface area (Å²) in [5, 5.41) is 3.88. The lowest BCUT2D eigenvalue weighted by molar-refractivity contribution is 0.0954.